The number of rotatable bonds is 5. The van der Waals surface area contributed by atoms with E-state index in [1.54, 1.807) is 12.3 Å². The number of nitrogens with one attached hydrogen (secondary N) is 1. The Balaban J connectivity index is 1.62. The van der Waals surface area contributed by atoms with Gasteiger partial charge in [-0.3, -0.25) is 0 Å². The molecule has 4 nitrogen and oxygen atoms in total. The van der Waals surface area contributed by atoms with Crippen LogP contribution in [0.1, 0.15) is 44.3 Å². The summed E-state index contributed by atoms with van der Waals surface area (Å²) in [7, 11) is 0. The predicted octanol–water partition coefficient (Wildman–Crippen LogP) is 2.12. The van der Waals surface area contributed by atoms with E-state index in [0.29, 0.717) is 5.82 Å². The molecule has 0 unspecified atom stereocenters. The molecule has 0 radical (unpaired) electrons. The SMILES string of the molecule is Nc1ccnc(CNCCC2CCCCC2)n1. The minimum Gasteiger partial charge on any atom is -0.384 e. The van der Waals surface area contributed by atoms with E-state index in [1.807, 2.05) is 0 Å². The van der Waals surface area contributed by atoms with Gasteiger partial charge < -0.3 is 11.1 Å². The molecule has 0 amide bonds. The van der Waals surface area contributed by atoms with Crippen molar-refractivity contribution in [3.63, 3.8) is 0 Å². The zero-order valence-corrected chi connectivity index (χ0v) is 10.4. The van der Waals surface area contributed by atoms with Crippen molar-refractivity contribution in [3.8, 4) is 0 Å². The minimum absolute atomic E-state index is 0.545. The summed E-state index contributed by atoms with van der Waals surface area (Å²) in [6, 6.07) is 1.71. The van der Waals surface area contributed by atoms with Crippen LogP contribution in [0, 0.1) is 5.92 Å². The van der Waals surface area contributed by atoms with Crippen molar-refractivity contribution in [1.29, 1.82) is 0 Å². The maximum absolute atomic E-state index is 5.60. The molecule has 0 saturated heterocycles. The van der Waals surface area contributed by atoms with Gasteiger partial charge in [0.15, 0.2) is 0 Å². The van der Waals surface area contributed by atoms with Crippen LogP contribution in [0.4, 0.5) is 5.82 Å². The molecule has 1 fully saturated rings. The Morgan fingerprint density at radius 3 is 2.88 bits per heavy atom. The lowest BCUT2D eigenvalue weighted by Gasteiger charge is -2.21. The first-order chi connectivity index (χ1) is 8.34. The summed E-state index contributed by atoms with van der Waals surface area (Å²) in [5.74, 6) is 2.26. The molecule has 0 aliphatic heterocycles. The minimum atomic E-state index is 0.545. The number of nitrogens with two attached hydrogens (primary N) is 1. The van der Waals surface area contributed by atoms with Crippen LogP contribution in [0.3, 0.4) is 0 Å². The van der Waals surface area contributed by atoms with Crippen LogP contribution < -0.4 is 11.1 Å². The monoisotopic (exact) mass is 234 g/mol. The first kappa shape index (κ1) is 12.3. The lowest BCUT2D eigenvalue weighted by molar-refractivity contribution is 0.333. The Morgan fingerprint density at radius 2 is 2.12 bits per heavy atom. The van der Waals surface area contributed by atoms with Gasteiger partial charge in [0.1, 0.15) is 11.6 Å². The van der Waals surface area contributed by atoms with Crippen molar-refractivity contribution >= 4 is 5.82 Å². The number of nitrogens with zero attached hydrogens (tertiary/aromatic N) is 2. The van der Waals surface area contributed by atoms with Crippen molar-refractivity contribution in [2.75, 3.05) is 12.3 Å². The number of hydrogen-bond donors (Lipinski definition) is 2. The van der Waals surface area contributed by atoms with Crippen LogP contribution >= 0.6 is 0 Å². The Hall–Kier alpha value is -1.16. The highest BCUT2D eigenvalue weighted by atomic mass is 15.0. The van der Waals surface area contributed by atoms with Gasteiger partial charge in [0.2, 0.25) is 0 Å². The zero-order valence-electron chi connectivity index (χ0n) is 10.4. The number of hydrogen-bond acceptors (Lipinski definition) is 4. The number of aromatic nitrogens is 2. The molecule has 1 aliphatic rings. The molecule has 94 valence electrons. The van der Waals surface area contributed by atoms with E-state index >= 15 is 0 Å². The van der Waals surface area contributed by atoms with Gasteiger partial charge in [-0.25, -0.2) is 9.97 Å². The van der Waals surface area contributed by atoms with E-state index in [-0.39, 0.29) is 0 Å². The first-order valence-electron chi connectivity index (χ1n) is 6.63. The highest BCUT2D eigenvalue weighted by Crippen LogP contribution is 2.25. The van der Waals surface area contributed by atoms with Crippen LogP contribution in [0.2, 0.25) is 0 Å². The second kappa shape index (κ2) is 6.55. The quantitative estimate of drug-likeness (QED) is 0.766. The van der Waals surface area contributed by atoms with E-state index in [0.717, 1.165) is 24.8 Å². The highest BCUT2D eigenvalue weighted by Gasteiger charge is 2.12. The topological polar surface area (TPSA) is 63.8 Å². The third-order valence-corrected chi connectivity index (χ3v) is 3.46. The van der Waals surface area contributed by atoms with Crippen molar-refractivity contribution in [3.05, 3.63) is 18.1 Å². The van der Waals surface area contributed by atoms with Crippen LogP contribution in [0.5, 0.6) is 0 Å². The van der Waals surface area contributed by atoms with Crippen LogP contribution in [0.15, 0.2) is 12.3 Å². The van der Waals surface area contributed by atoms with Gasteiger partial charge in [0, 0.05) is 6.20 Å². The first-order valence-corrected chi connectivity index (χ1v) is 6.63. The molecule has 1 saturated carbocycles. The third-order valence-electron chi connectivity index (χ3n) is 3.46. The van der Waals surface area contributed by atoms with Crippen LogP contribution in [-0.4, -0.2) is 16.5 Å². The summed E-state index contributed by atoms with van der Waals surface area (Å²) < 4.78 is 0. The van der Waals surface area contributed by atoms with Gasteiger partial charge in [-0.05, 0) is 24.9 Å². The van der Waals surface area contributed by atoms with E-state index < -0.39 is 0 Å². The maximum atomic E-state index is 5.60. The molecule has 3 N–H and O–H groups in total. The summed E-state index contributed by atoms with van der Waals surface area (Å²) in [6.07, 6.45) is 10.1. The van der Waals surface area contributed by atoms with Crippen LogP contribution in [0.25, 0.3) is 0 Å². The summed E-state index contributed by atoms with van der Waals surface area (Å²) in [6.45, 7) is 1.78. The molecule has 1 aromatic heterocycles. The second-order valence-corrected chi connectivity index (χ2v) is 4.87. The summed E-state index contributed by atoms with van der Waals surface area (Å²) >= 11 is 0. The molecule has 1 aliphatic carbocycles. The molecule has 0 bridgehead atoms. The summed E-state index contributed by atoms with van der Waals surface area (Å²) in [5, 5.41) is 3.40. The molecule has 1 heterocycles. The van der Waals surface area contributed by atoms with E-state index in [1.165, 1.54) is 38.5 Å². The Labute approximate surface area is 103 Å². The maximum Gasteiger partial charge on any atom is 0.144 e. The predicted molar refractivity (Wildman–Crippen MR) is 69.3 cm³/mol. The normalized spacial score (nSPS) is 17.2. The van der Waals surface area contributed by atoms with E-state index in [2.05, 4.69) is 15.3 Å². The van der Waals surface area contributed by atoms with Gasteiger partial charge in [-0.2, -0.15) is 0 Å². The zero-order chi connectivity index (χ0) is 11.9. The highest BCUT2D eigenvalue weighted by molar-refractivity contribution is 5.24. The Bertz CT molecular complexity index is 334. The van der Waals surface area contributed by atoms with Crippen LogP contribution in [-0.2, 0) is 6.54 Å². The fraction of sp³-hybridized carbons (Fsp3) is 0.692. The van der Waals surface area contributed by atoms with Gasteiger partial charge in [-0.1, -0.05) is 32.1 Å². The van der Waals surface area contributed by atoms with Crippen molar-refractivity contribution < 1.29 is 0 Å². The van der Waals surface area contributed by atoms with Gasteiger partial charge in [0.05, 0.1) is 6.54 Å². The lowest BCUT2D eigenvalue weighted by atomic mass is 9.87. The fourth-order valence-electron chi connectivity index (χ4n) is 2.48. The number of nitrogen functional groups attached to an aromatic ring is 1. The lowest BCUT2D eigenvalue weighted by Crippen LogP contribution is -2.20. The Morgan fingerprint density at radius 1 is 1.29 bits per heavy atom. The number of anilines is 1. The molecule has 2 rings (SSSR count). The molecule has 0 aromatic carbocycles. The summed E-state index contributed by atoms with van der Waals surface area (Å²) in [4.78, 5) is 8.33. The fourth-order valence-corrected chi connectivity index (χ4v) is 2.48. The smallest absolute Gasteiger partial charge is 0.144 e. The molecule has 17 heavy (non-hydrogen) atoms. The molecule has 1 aromatic rings. The van der Waals surface area contributed by atoms with Crippen molar-refractivity contribution in [2.45, 2.75) is 45.1 Å². The summed E-state index contributed by atoms with van der Waals surface area (Å²) in [5.41, 5.74) is 5.60. The van der Waals surface area contributed by atoms with Gasteiger partial charge in [-0.15, -0.1) is 0 Å². The largest absolute Gasteiger partial charge is 0.384 e. The van der Waals surface area contributed by atoms with Crippen molar-refractivity contribution in [1.82, 2.24) is 15.3 Å². The average molecular weight is 234 g/mol. The molecule has 0 atom stereocenters. The third kappa shape index (κ3) is 4.30. The Kier molecular flexibility index (Phi) is 4.74. The molecule has 4 heteroatoms. The van der Waals surface area contributed by atoms with E-state index in [9.17, 15) is 0 Å². The molecular weight excluding hydrogens is 212 g/mol. The standard InChI is InChI=1S/C13H22N4/c14-12-7-9-16-13(17-12)10-15-8-6-11-4-2-1-3-5-11/h7,9,11,15H,1-6,8,10H2,(H2,14,16,17). The van der Waals surface area contributed by atoms with Crippen molar-refractivity contribution in [2.24, 2.45) is 5.92 Å². The van der Waals surface area contributed by atoms with E-state index in [4.69, 9.17) is 5.73 Å². The average Bonchev–Trinajstić information content (AvgIpc) is 2.36. The molecular formula is C13H22N4. The van der Waals surface area contributed by atoms with Gasteiger partial charge in [0.25, 0.3) is 0 Å². The van der Waals surface area contributed by atoms with Gasteiger partial charge >= 0.3 is 0 Å². The molecule has 0 spiro atoms. The second-order valence-electron chi connectivity index (χ2n) is 4.87.